The average molecular weight is 525 g/mol. The summed E-state index contributed by atoms with van der Waals surface area (Å²) in [5.74, 6) is 0.838. The van der Waals surface area contributed by atoms with Gasteiger partial charge in [-0.05, 0) is 25.2 Å². The van der Waals surface area contributed by atoms with E-state index in [2.05, 4.69) is 30.8 Å². The molecule has 3 aromatic rings. The Morgan fingerprint density at radius 3 is 2.81 bits per heavy atom. The molecule has 3 saturated carbocycles. The molecule has 0 unspecified atom stereocenters. The third-order valence-electron chi connectivity index (χ3n) is 7.03. The molecule has 0 radical (unpaired) electrons. The largest absolute Gasteiger partial charge is 0.441 e. The number of nitrogens with one attached hydrogen (secondary N) is 3. The minimum Gasteiger partial charge on any atom is -0.441 e. The van der Waals surface area contributed by atoms with Gasteiger partial charge in [0, 0.05) is 31.1 Å². The molecule has 3 aliphatic carbocycles. The van der Waals surface area contributed by atoms with Gasteiger partial charge >= 0.3 is 12.3 Å². The third-order valence-corrected chi connectivity index (χ3v) is 7.03. The maximum absolute atomic E-state index is 15.1. The van der Waals surface area contributed by atoms with Crippen LogP contribution >= 0.6 is 0 Å². The van der Waals surface area contributed by atoms with E-state index in [1.54, 1.807) is 0 Å². The lowest BCUT2D eigenvalue weighted by Gasteiger charge is -2.61. The van der Waals surface area contributed by atoms with Crippen molar-refractivity contribution in [3.05, 3.63) is 35.4 Å². The number of hydrogen-bond acceptors (Lipinski definition) is 8. The zero-order valence-electron chi connectivity index (χ0n) is 19.5. The summed E-state index contributed by atoms with van der Waals surface area (Å²) in [5, 5.41) is 12.3. The number of aromatic amines is 1. The van der Waals surface area contributed by atoms with E-state index in [0.29, 0.717) is 12.1 Å². The number of hydrogen-bond donors (Lipinski definition) is 3. The Kier molecular flexibility index (Phi) is 5.52. The molecule has 3 aromatic heterocycles. The van der Waals surface area contributed by atoms with Crippen LogP contribution in [0.1, 0.15) is 42.3 Å². The highest BCUT2D eigenvalue weighted by Crippen LogP contribution is 2.57. The number of fused-ring (bicyclic) bond motifs is 1. The van der Waals surface area contributed by atoms with E-state index < -0.39 is 36.2 Å². The lowest BCUT2D eigenvalue weighted by Crippen LogP contribution is -2.68. The van der Waals surface area contributed by atoms with Crippen LogP contribution in [0.25, 0.3) is 5.65 Å². The highest BCUT2D eigenvalue weighted by molar-refractivity contribution is 5.69. The molecule has 0 aromatic carbocycles. The SMILES string of the molecule is COCc1cn2c(Nc3cc([C@@H]4OC[C@H](OC(=O)NC56CC(C5)C6)[C@H]4F)[nH]n3)ncc(C(F)(F)F)c2n1. The number of methoxy groups -OCH3 is 1. The van der Waals surface area contributed by atoms with Gasteiger partial charge in [0.2, 0.25) is 5.95 Å². The molecule has 1 aliphatic heterocycles. The molecule has 4 aliphatic rings. The molecule has 0 spiro atoms. The van der Waals surface area contributed by atoms with Crippen molar-refractivity contribution in [1.82, 2.24) is 29.9 Å². The van der Waals surface area contributed by atoms with Crippen LogP contribution in [0.4, 0.5) is 34.1 Å². The first kappa shape index (κ1) is 23.9. The van der Waals surface area contributed by atoms with Crippen molar-refractivity contribution < 1.29 is 36.6 Å². The zero-order chi connectivity index (χ0) is 25.9. The van der Waals surface area contributed by atoms with Crippen LogP contribution in [-0.4, -0.2) is 62.2 Å². The number of alkyl halides is 4. The van der Waals surface area contributed by atoms with Gasteiger partial charge in [-0.15, -0.1) is 0 Å². The Morgan fingerprint density at radius 2 is 2.14 bits per heavy atom. The van der Waals surface area contributed by atoms with Crippen LogP contribution in [0, 0.1) is 5.92 Å². The van der Waals surface area contributed by atoms with Crippen molar-refractivity contribution in [1.29, 1.82) is 0 Å². The van der Waals surface area contributed by atoms with Crippen molar-refractivity contribution in [3.63, 3.8) is 0 Å². The molecular formula is C22H23F4N7O4. The molecule has 11 nitrogen and oxygen atoms in total. The average Bonchev–Trinajstić information content (AvgIpc) is 3.49. The van der Waals surface area contributed by atoms with Gasteiger partial charge in [0.05, 0.1) is 24.6 Å². The molecule has 4 fully saturated rings. The van der Waals surface area contributed by atoms with Crippen LogP contribution in [0.3, 0.4) is 0 Å². The normalized spacial score (nSPS) is 28.6. The first-order valence-electron chi connectivity index (χ1n) is 11.6. The number of ether oxygens (including phenoxy) is 3. The second-order valence-corrected chi connectivity index (χ2v) is 9.71. The van der Waals surface area contributed by atoms with Gasteiger partial charge in [-0.2, -0.15) is 18.3 Å². The number of nitrogens with zero attached hydrogens (tertiary/aromatic N) is 4. The third kappa shape index (κ3) is 4.25. The molecule has 198 valence electrons. The molecule has 1 amide bonds. The maximum atomic E-state index is 15.1. The number of carbonyl (C=O) groups excluding carboxylic acids is 1. The molecule has 15 heteroatoms. The molecular weight excluding hydrogens is 502 g/mol. The van der Waals surface area contributed by atoms with Crippen LogP contribution in [-0.2, 0) is 27.0 Å². The van der Waals surface area contributed by atoms with Gasteiger partial charge in [0.1, 0.15) is 11.7 Å². The van der Waals surface area contributed by atoms with E-state index in [4.69, 9.17) is 14.2 Å². The first-order valence-corrected chi connectivity index (χ1v) is 11.6. The van der Waals surface area contributed by atoms with Gasteiger partial charge in [-0.25, -0.2) is 19.2 Å². The van der Waals surface area contributed by atoms with Crippen molar-refractivity contribution in [3.8, 4) is 0 Å². The number of H-pyrrole nitrogens is 1. The molecule has 4 heterocycles. The highest BCUT2D eigenvalue weighted by atomic mass is 19.4. The van der Waals surface area contributed by atoms with Gasteiger partial charge in [-0.3, -0.25) is 9.50 Å². The summed E-state index contributed by atoms with van der Waals surface area (Å²) in [6, 6.07) is 1.44. The molecule has 3 N–H and O–H groups in total. The van der Waals surface area contributed by atoms with E-state index in [1.165, 1.54) is 19.4 Å². The Balaban J connectivity index is 1.15. The van der Waals surface area contributed by atoms with Gasteiger partial charge in [-0.1, -0.05) is 0 Å². The molecule has 1 saturated heterocycles. The predicted octanol–water partition coefficient (Wildman–Crippen LogP) is 3.42. The lowest BCUT2D eigenvalue weighted by molar-refractivity contribution is -0.136. The van der Waals surface area contributed by atoms with Crippen LogP contribution in [0.15, 0.2) is 18.5 Å². The summed E-state index contributed by atoms with van der Waals surface area (Å²) in [6.07, 6.45) is -4.28. The van der Waals surface area contributed by atoms with Gasteiger partial charge < -0.3 is 24.8 Å². The molecule has 7 rings (SSSR count). The van der Waals surface area contributed by atoms with Crippen molar-refractivity contribution >= 4 is 23.5 Å². The second kappa shape index (κ2) is 8.55. The summed E-state index contributed by atoms with van der Waals surface area (Å²) in [5.41, 5.74) is -1.02. The Hall–Kier alpha value is -3.46. The Bertz CT molecular complexity index is 1330. The summed E-state index contributed by atoms with van der Waals surface area (Å²) >= 11 is 0. The fourth-order valence-corrected chi connectivity index (χ4v) is 5.15. The topological polar surface area (TPSA) is 128 Å². The van der Waals surface area contributed by atoms with E-state index in [-0.39, 0.29) is 47.6 Å². The monoisotopic (exact) mass is 525 g/mol. The van der Waals surface area contributed by atoms with E-state index >= 15 is 4.39 Å². The predicted molar refractivity (Wildman–Crippen MR) is 118 cm³/mol. The number of amides is 1. The standard InChI is InChI=1S/C22H23F4N7O4/c1-35-8-11-7-33-18(28-11)12(22(24,25)26)6-27-19(33)29-15-2-13(31-32-15)17-16(23)14(9-36-17)37-20(34)30-21-3-10(4-21)5-21/h2,6-7,10,14,16-17H,3-5,8-9H2,1H3,(H,30,34)(H2,27,29,31,32)/t10?,14-,16+,17-,21?/m0/s1. The fourth-order valence-electron chi connectivity index (χ4n) is 5.15. The van der Waals surface area contributed by atoms with Crippen LogP contribution in [0.2, 0.25) is 0 Å². The summed E-state index contributed by atoms with van der Waals surface area (Å²) < 4.78 is 72.3. The number of carbonyl (C=O) groups is 1. The molecule has 2 bridgehead atoms. The molecule has 3 atom stereocenters. The Morgan fingerprint density at radius 1 is 1.35 bits per heavy atom. The van der Waals surface area contributed by atoms with Crippen molar-refractivity contribution in [2.75, 3.05) is 19.0 Å². The number of alkyl carbamates (subject to hydrolysis) is 1. The maximum Gasteiger partial charge on any atom is 0.421 e. The summed E-state index contributed by atoms with van der Waals surface area (Å²) in [7, 11) is 1.40. The molecule has 37 heavy (non-hydrogen) atoms. The van der Waals surface area contributed by atoms with E-state index in [1.807, 2.05) is 0 Å². The van der Waals surface area contributed by atoms with Gasteiger partial charge in [0.25, 0.3) is 0 Å². The number of anilines is 2. The minimum atomic E-state index is -4.66. The quantitative estimate of drug-likeness (QED) is 0.401. The summed E-state index contributed by atoms with van der Waals surface area (Å²) in [6.45, 7) is -0.125. The Labute approximate surface area is 206 Å². The van der Waals surface area contributed by atoms with Crippen molar-refractivity contribution in [2.24, 2.45) is 5.92 Å². The zero-order valence-corrected chi connectivity index (χ0v) is 19.5. The fraction of sp³-hybridized carbons (Fsp3) is 0.545. The van der Waals surface area contributed by atoms with Crippen molar-refractivity contribution in [2.45, 2.75) is 56.0 Å². The number of halogens is 4. The number of aromatic nitrogens is 5. The van der Waals surface area contributed by atoms with E-state index in [0.717, 1.165) is 23.7 Å². The number of rotatable bonds is 7. The smallest absolute Gasteiger partial charge is 0.421 e. The first-order chi connectivity index (χ1) is 17.6. The second-order valence-electron chi connectivity index (χ2n) is 9.71. The van der Waals surface area contributed by atoms with Crippen LogP contribution < -0.4 is 10.6 Å². The van der Waals surface area contributed by atoms with Crippen LogP contribution in [0.5, 0.6) is 0 Å². The highest BCUT2D eigenvalue weighted by Gasteiger charge is 2.58. The minimum absolute atomic E-state index is 0.00460. The van der Waals surface area contributed by atoms with E-state index in [9.17, 15) is 18.0 Å². The van der Waals surface area contributed by atoms with Gasteiger partial charge in [0.15, 0.2) is 23.7 Å². The summed E-state index contributed by atoms with van der Waals surface area (Å²) in [4.78, 5) is 20.1. The number of imidazole rings is 1. The lowest BCUT2D eigenvalue weighted by atomic mass is 9.50.